The van der Waals surface area contributed by atoms with Crippen molar-refractivity contribution in [3.8, 4) is 17.2 Å². The zero-order chi connectivity index (χ0) is 27.6. The number of halogens is 2. The Hall–Kier alpha value is -3.72. The molecular weight excluding hydrogens is 553 g/mol. The number of hydrogen-bond donors (Lipinski definition) is 0. The Morgan fingerprint density at radius 1 is 1.05 bits per heavy atom. The van der Waals surface area contributed by atoms with Crippen molar-refractivity contribution < 1.29 is 18.7 Å². The molecule has 0 spiro atoms. The largest absolute Gasteiger partial charge is 0.497 e. The number of nitrogens with zero attached hydrogens (tertiary/aromatic N) is 3. The molecule has 1 unspecified atom stereocenters. The Kier molecular flexibility index (Phi) is 8.16. The number of ether oxygens (including phenoxy) is 2. The first kappa shape index (κ1) is 27.3. The van der Waals surface area contributed by atoms with Crippen LogP contribution >= 0.6 is 15.9 Å². The number of fused-ring (bicyclic) bond motifs is 1. The van der Waals surface area contributed by atoms with Gasteiger partial charge in [0.25, 0.3) is 11.5 Å². The Labute approximate surface area is 229 Å². The first-order valence-corrected chi connectivity index (χ1v) is 13.0. The van der Waals surface area contributed by atoms with E-state index in [9.17, 15) is 14.0 Å². The molecule has 0 bridgehead atoms. The number of benzene rings is 3. The van der Waals surface area contributed by atoms with Crippen molar-refractivity contribution in [2.24, 2.45) is 5.92 Å². The van der Waals surface area contributed by atoms with Crippen molar-refractivity contribution in [3.05, 3.63) is 92.7 Å². The lowest BCUT2D eigenvalue weighted by molar-refractivity contribution is 0.0654. The van der Waals surface area contributed by atoms with E-state index in [4.69, 9.17) is 14.5 Å². The summed E-state index contributed by atoms with van der Waals surface area (Å²) in [6, 6.07) is 15.4. The molecule has 38 heavy (non-hydrogen) atoms. The number of carbonyl (C=O) groups is 1. The van der Waals surface area contributed by atoms with Gasteiger partial charge in [-0.25, -0.2) is 9.37 Å². The van der Waals surface area contributed by atoms with Crippen LogP contribution in [0.3, 0.4) is 0 Å². The molecule has 0 saturated carbocycles. The summed E-state index contributed by atoms with van der Waals surface area (Å²) >= 11 is 3.58. The normalized spacial score (nSPS) is 12.0. The Bertz CT molecular complexity index is 1550. The number of methoxy groups -OCH3 is 2. The van der Waals surface area contributed by atoms with Crippen molar-refractivity contribution in [2.75, 3.05) is 20.8 Å². The third kappa shape index (κ3) is 5.29. The van der Waals surface area contributed by atoms with Crippen molar-refractivity contribution >= 4 is 32.7 Å². The van der Waals surface area contributed by atoms with Gasteiger partial charge in [-0.15, -0.1) is 0 Å². The van der Waals surface area contributed by atoms with Crippen molar-refractivity contribution in [2.45, 2.75) is 26.8 Å². The first-order chi connectivity index (χ1) is 18.2. The Morgan fingerprint density at radius 2 is 1.79 bits per heavy atom. The summed E-state index contributed by atoms with van der Waals surface area (Å²) in [5.41, 5.74) is 0.867. The number of rotatable bonds is 8. The minimum absolute atomic E-state index is 0.0965. The summed E-state index contributed by atoms with van der Waals surface area (Å²) in [7, 11) is 3.05. The molecule has 0 aliphatic carbocycles. The van der Waals surface area contributed by atoms with Crippen LogP contribution in [-0.2, 0) is 0 Å². The summed E-state index contributed by atoms with van der Waals surface area (Å²) in [6.07, 6.45) is 0. The highest BCUT2D eigenvalue weighted by Gasteiger charge is 2.29. The fraction of sp³-hybridized carbons (Fsp3) is 0.276. The van der Waals surface area contributed by atoms with E-state index in [0.29, 0.717) is 44.9 Å². The van der Waals surface area contributed by atoms with Crippen LogP contribution in [-0.4, -0.2) is 41.1 Å². The highest BCUT2D eigenvalue weighted by Crippen LogP contribution is 2.37. The van der Waals surface area contributed by atoms with Crippen LogP contribution < -0.4 is 15.0 Å². The smallest absolute Gasteiger partial charge is 0.266 e. The first-order valence-electron chi connectivity index (χ1n) is 12.2. The van der Waals surface area contributed by atoms with E-state index < -0.39 is 11.9 Å². The molecule has 4 rings (SSSR count). The highest BCUT2D eigenvalue weighted by atomic mass is 79.9. The fourth-order valence-electron chi connectivity index (χ4n) is 4.39. The summed E-state index contributed by atoms with van der Waals surface area (Å²) in [4.78, 5) is 34.2. The minimum atomic E-state index is -0.658. The van der Waals surface area contributed by atoms with E-state index in [2.05, 4.69) is 15.9 Å². The second-order valence-electron chi connectivity index (χ2n) is 9.33. The molecular formula is C29H29BrFN3O4. The van der Waals surface area contributed by atoms with E-state index in [1.54, 1.807) is 41.3 Å². The van der Waals surface area contributed by atoms with Crippen molar-refractivity contribution in [1.29, 1.82) is 0 Å². The molecule has 9 heteroatoms. The van der Waals surface area contributed by atoms with Crippen LogP contribution in [0.1, 0.15) is 43.0 Å². The van der Waals surface area contributed by atoms with E-state index in [1.165, 1.54) is 37.0 Å². The Morgan fingerprint density at radius 3 is 2.45 bits per heavy atom. The van der Waals surface area contributed by atoms with E-state index in [1.807, 2.05) is 26.8 Å². The molecule has 4 aromatic rings. The lowest BCUT2D eigenvalue weighted by Crippen LogP contribution is -2.39. The number of carbonyl (C=O) groups excluding carboxylic acids is 1. The number of hydrogen-bond acceptors (Lipinski definition) is 5. The fourth-order valence-corrected chi connectivity index (χ4v) is 4.96. The van der Waals surface area contributed by atoms with E-state index >= 15 is 0 Å². The van der Waals surface area contributed by atoms with Gasteiger partial charge in [-0.1, -0.05) is 32.0 Å². The van der Waals surface area contributed by atoms with Gasteiger partial charge in [-0.3, -0.25) is 14.2 Å². The van der Waals surface area contributed by atoms with Gasteiger partial charge >= 0.3 is 0 Å². The molecule has 0 radical (unpaired) electrons. The number of para-hydroxylation sites is 1. The second-order valence-corrected chi connectivity index (χ2v) is 10.1. The average Bonchev–Trinajstić information content (AvgIpc) is 2.91. The van der Waals surface area contributed by atoms with Gasteiger partial charge in [0, 0.05) is 24.2 Å². The summed E-state index contributed by atoms with van der Waals surface area (Å²) in [5.74, 6) is 0.527. The predicted octanol–water partition coefficient (Wildman–Crippen LogP) is 6.16. The molecule has 1 aromatic heterocycles. The standard InChI is InChI=1S/C29H29BrFN3O4/c1-17(2)16-33(28(35)19-9-8-10-20(31)13-19)18(3)27-32-23-12-7-6-11-22(23)29(36)34(27)24-14-21(37-4)15-25(38-5)26(24)30/h6-15,17-18H,16H2,1-5H3. The zero-order valence-electron chi connectivity index (χ0n) is 21.9. The molecule has 1 atom stereocenters. The van der Waals surface area contributed by atoms with Gasteiger partial charge in [0.05, 0.1) is 41.3 Å². The van der Waals surface area contributed by atoms with E-state index in [0.717, 1.165) is 0 Å². The lowest BCUT2D eigenvalue weighted by Gasteiger charge is -2.32. The SMILES string of the molecule is COc1cc(OC)c(Br)c(-n2c(C(C)N(CC(C)C)C(=O)c3cccc(F)c3)nc3ccccc3c2=O)c1. The van der Waals surface area contributed by atoms with Crippen molar-refractivity contribution in [1.82, 2.24) is 14.5 Å². The minimum Gasteiger partial charge on any atom is -0.497 e. The van der Waals surface area contributed by atoms with E-state index in [-0.39, 0.29) is 22.9 Å². The number of aromatic nitrogens is 2. The average molecular weight is 582 g/mol. The summed E-state index contributed by atoms with van der Waals surface area (Å²) in [5, 5.41) is 0.420. The van der Waals surface area contributed by atoms with Gasteiger partial charge in [0.1, 0.15) is 23.1 Å². The second kappa shape index (κ2) is 11.3. The monoisotopic (exact) mass is 581 g/mol. The topological polar surface area (TPSA) is 73.7 Å². The van der Waals surface area contributed by atoms with Crippen LogP contribution in [0.15, 0.2) is 69.9 Å². The summed E-state index contributed by atoms with van der Waals surface area (Å²) in [6.45, 7) is 6.16. The quantitative estimate of drug-likeness (QED) is 0.249. The summed E-state index contributed by atoms with van der Waals surface area (Å²) < 4.78 is 27.0. The van der Waals surface area contributed by atoms with Crippen LogP contribution in [0.2, 0.25) is 0 Å². The molecule has 0 aliphatic heterocycles. The van der Waals surface area contributed by atoms with Gasteiger partial charge < -0.3 is 14.4 Å². The molecule has 7 nitrogen and oxygen atoms in total. The van der Waals surface area contributed by atoms with Crippen LogP contribution in [0.4, 0.5) is 4.39 Å². The molecule has 0 saturated heterocycles. The molecule has 3 aromatic carbocycles. The predicted molar refractivity (Wildman–Crippen MR) is 149 cm³/mol. The maximum Gasteiger partial charge on any atom is 0.266 e. The third-order valence-electron chi connectivity index (χ3n) is 6.23. The molecule has 0 N–H and O–H groups in total. The van der Waals surface area contributed by atoms with Gasteiger partial charge in [-0.2, -0.15) is 0 Å². The number of amides is 1. The van der Waals surface area contributed by atoms with Crippen LogP contribution in [0.5, 0.6) is 11.5 Å². The molecule has 0 aliphatic rings. The maximum atomic E-state index is 14.0. The van der Waals surface area contributed by atoms with Crippen LogP contribution in [0.25, 0.3) is 16.6 Å². The third-order valence-corrected chi connectivity index (χ3v) is 7.02. The lowest BCUT2D eigenvalue weighted by atomic mass is 10.1. The maximum absolute atomic E-state index is 14.0. The zero-order valence-corrected chi connectivity index (χ0v) is 23.5. The van der Waals surface area contributed by atoms with Gasteiger partial charge in [-0.05, 0) is 59.1 Å². The van der Waals surface area contributed by atoms with Crippen molar-refractivity contribution in [3.63, 3.8) is 0 Å². The highest BCUT2D eigenvalue weighted by molar-refractivity contribution is 9.10. The van der Waals surface area contributed by atoms with Crippen LogP contribution in [0, 0.1) is 11.7 Å². The van der Waals surface area contributed by atoms with Gasteiger partial charge in [0.15, 0.2) is 0 Å². The van der Waals surface area contributed by atoms with Gasteiger partial charge in [0.2, 0.25) is 0 Å². The molecule has 0 fully saturated rings. The molecule has 1 amide bonds. The molecule has 198 valence electrons. The Balaban J connectivity index is 2.00. The molecule has 1 heterocycles.